The number of hydrogen-bond acceptors (Lipinski definition) is 7. The smallest absolute Gasteiger partial charge is 0.160 e. The number of fused-ring (bicyclic) bond motifs is 2. The number of carbonyl (C=O) groups is 1. The third-order valence-corrected chi connectivity index (χ3v) is 8.12. The molecule has 1 atom stereocenters. The Labute approximate surface area is 233 Å². The molecule has 7 rings (SSSR count). The van der Waals surface area contributed by atoms with E-state index in [1.807, 2.05) is 35.1 Å². The molecule has 2 aliphatic rings. The van der Waals surface area contributed by atoms with Gasteiger partial charge in [-0.2, -0.15) is 5.10 Å². The highest BCUT2D eigenvalue weighted by molar-refractivity contribution is 5.97. The standard InChI is InChI=1S/C31H33N7O2/c1-22(39)24-7-9-27-28(17-24)37(20-26-11-16-40-26)30(33-27)21-35-12-14-36(15-13-35)29-10-8-25-18-32-38(31(25)34-29)19-23-5-3-2-4-6-23/h2-10,17-18,26H,11-16,19-21H2,1H3/t26-/m0/s1. The summed E-state index contributed by atoms with van der Waals surface area (Å²) in [6.07, 6.45) is 3.17. The number of Topliss-reactive ketones (excluding diaryl/α,β-unsaturated/α-hetero) is 1. The Balaban J connectivity index is 1.07. The van der Waals surface area contributed by atoms with Gasteiger partial charge in [-0.1, -0.05) is 30.3 Å². The van der Waals surface area contributed by atoms with Crippen molar-refractivity contribution in [2.24, 2.45) is 0 Å². The molecule has 2 aromatic carbocycles. The van der Waals surface area contributed by atoms with Crippen LogP contribution in [0.2, 0.25) is 0 Å². The molecule has 0 amide bonds. The molecule has 5 heterocycles. The van der Waals surface area contributed by atoms with Crippen molar-refractivity contribution in [3.05, 3.63) is 83.8 Å². The molecule has 204 valence electrons. The monoisotopic (exact) mass is 535 g/mol. The highest BCUT2D eigenvalue weighted by Gasteiger charge is 2.25. The Morgan fingerprint density at radius 3 is 2.55 bits per heavy atom. The Kier molecular flexibility index (Phi) is 6.53. The van der Waals surface area contributed by atoms with Gasteiger partial charge in [0.25, 0.3) is 0 Å². The highest BCUT2D eigenvalue weighted by Crippen LogP contribution is 2.25. The summed E-state index contributed by atoms with van der Waals surface area (Å²) in [7, 11) is 0. The van der Waals surface area contributed by atoms with Crippen LogP contribution >= 0.6 is 0 Å². The van der Waals surface area contributed by atoms with E-state index in [1.165, 1.54) is 5.56 Å². The number of pyridine rings is 1. The van der Waals surface area contributed by atoms with Crippen LogP contribution in [0, 0.1) is 0 Å². The molecular weight excluding hydrogens is 502 g/mol. The summed E-state index contributed by atoms with van der Waals surface area (Å²) in [5.74, 6) is 2.10. The molecule has 0 aliphatic carbocycles. The molecule has 0 saturated carbocycles. The predicted octanol–water partition coefficient (Wildman–Crippen LogP) is 4.14. The van der Waals surface area contributed by atoms with E-state index in [4.69, 9.17) is 14.7 Å². The summed E-state index contributed by atoms with van der Waals surface area (Å²) in [6, 6.07) is 20.4. The first kappa shape index (κ1) is 24.9. The van der Waals surface area contributed by atoms with Gasteiger partial charge in [-0.3, -0.25) is 9.69 Å². The van der Waals surface area contributed by atoms with Crippen molar-refractivity contribution in [1.29, 1.82) is 0 Å². The molecule has 0 spiro atoms. The summed E-state index contributed by atoms with van der Waals surface area (Å²) >= 11 is 0. The average molecular weight is 536 g/mol. The molecule has 9 nitrogen and oxygen atoms in total. The zero-order chi connectivity index (χ0) is 27.1. The minimum absolute atomic E-state index is 0.0714. The Morgan fingerprint density at radius 2 is 1.80 bits per heavy atom. The Bertz CT molecular complexity index is 1660. The predicted molar refractivity (Wildman–Crippen MR) is 155 cm³/mol. The Morgan fingerprint density at radius 1 is 0.975 bits per heavy atom. The first-order valence-corrected chi connectivity index (χ1v) is 14.1. The number of aromatic nitrogens is 5. The lowest BCUT2D eigenvalue weighted by molar-refractivity contribution is -0.0592. The van der Waals surface area contributed by atoms with E-state index >= 15 is 0 Å². The molecular formula is C31H33N7O2. The van der Waals surface area contributed by atoms with Gasteiger partial charge in [-0.15, -0.1) is 0 Å². The number of rotatable bonds is 8. The number of ketones is 1. The summed E-state index contributed by atoms with van der Waals surface area (Å²) in [5, 5.41) is 5.65. The quantitative estimate of drug-likeness (QED) is 0.276. The van der Waals surface area contributed by atoms with Crippen LogP contribution in [0.3, 0.4) is 0 Å². The number of nitrogens with zero attached hydrogens (tertiary/aromatic N) is 7. The summed E-state index contributed by atoms with van der Waals surface area (Å²) < 4.78 is 10.0. The molecule has 9 heteroatoms. The zero-order valence-electron chi connectivity index (χ0n) is 22.7. The van der Waals surface area contributed by atoms with Crippen molar-refractivity contribution in [3.8, 4) is 0 Å². The van der Waals surface area contributed by atoms with E-state index in [1.54, 1.807) is 6.92 Å². The fourth-order valence-electron chi connectivity index (χ4n) is 5.67. The van der Waals surface area contributed by atoms with Gasteiger partial charge in [0.2, 0.25) is 0 Å². The van der Waals surface area contributed by atoms with E-state index in [0.717, 1.165) is 91.6 Å². The maximum Gasteiger partial charge on any atom is 0.160 e. The van der Waals surface area contributed by atoms with Crippen molar-refractivity contribution < 1.29 is 9.53 Å². The van der Waals surface area contributed by atoms with E-state index < -0.39 is 0 Å². The lowest BCUT2D eigenvalue weighted by atomic mass is 10.1. The second kappa shape index (κ2) is 10.5. The fraction of sp³-hybridized carbons (Fsp3) is 0.355. The van der Waals surface area contributed by atoms with Crippen molar-refractivity contribution in [2.75, 3.05) is 37.7 Å². The molecule has 0 bridgehead atoms. The minimum atomic E-state index is 0.0714. The largest absolute Gasteiger partial charge is 0.376 e. The van der Waals surface area contributed by atoms with E-state index in [9.17, 15) is 4.79 Å². The van der Waals surface area contributed by atoms with Crippen molar-refractivity contribution in [2.45, 2.75) is 39.1 Å². The van der Waals surface area contributed by atoms with Gasteiger partial charge in [0.1, 0.15) is 11.6 Å². The molecule has 3 aromatic heterocycles. The number of imidazole rings is 1. The summed E-state index contributed by atoms with van der Waals surface area (Å²) in [5.41, 5.74) is 4.79. The molecule has 5 aromatic rings. The van der Waals surface area contributed by atoms with Crippen molar-refractivity contribution >= 4 is 33.7 Å². The second-order valence-electron chi connectivity index (χ2n) is 10.8. The van der Waals surface area contributed by atoms with Gasteiger partial charge < -0.3 is 14.2 Å². The second-order valence-corrected chi connectivity index (χ2v) is 10.8. The van der Waals surface area contributed by atoms with Crippen LogP contribution in [-0.2, 0) is 24.4 Å². The molecule has 2 saturated heterocycles. The fourth-order valence-corrected chi connectivity index (χ4v) is 5.67. The Hall–Kier alpha value is -4.08. The zero-order valence-corrected chi connectivity index (χ0v) is 22.7. The van der Waals surface area contributed by atoms with Gasteiger partial charge in [-0.25, -0.2) is 14.6 Å². The third kappa shape index (κ3) is 4.87. The highest BCUT2D eigenvalue weighted by atomic mass is 16.5. The van der Waals surface area contributed by atoms with Gasteiger partial charge in [0, 0.05) is 43.7 Å². The van der Waals surface area contributed by atoms with E-state index in [0.29, 0.717) is 6.54 Å². The molecule has 0 unspecified atom stereocenters. The number of ether oxygens (including phenoxy) is 1. The normalized spacial score (nSPS) is 17.9. The van der Waals surface area contributed by atoms with Crippen LogP contribution in [0.4, 0.5) is 5.82 Å². The van der Waals surface area contributed by atoms with Crippen molar-refractivity contribution in [3.63, 3.8) is 0 Å². The lowest BCUT2D eigenvalue weighted by Crippen LogP contribution is -2.46. The minimum Gasteiger partial charge on any atom is -0.376 e. The molecule has 0 radical (unpaired) electrons. The number of hydrogen-bond donors (Lipinski definition) is 0. The van der Waals surface area contributed by atoms with Crippen LogP contribution in [0.15, 0.2) is 66.9 Å². The number of carbonyl (C=O) groups excluding carboxylic acids is 1. The van der Waals surface area contributed by atoms with Crippen LogP contribution in [0.25, 0.3) is 22.1 Å². The summed E-state index contributed by atoms with van der Waals surface area (Å²) in [6.45, 7) is 8.30. The van der Waals surface area contributed by atoms with Gasteiger partial charge in [0.15, 0.2) is 11.4 Å². The summed E-state index contributed by atoms with van der Waals surface area (Å²) in [4.78, 5) is 26.9. The third-order valence-electron chi connectivity index (χ3n) is 8.12. The number of benzene rings is 2. The molecule has 40 heavy (non-hydrogen) atoms. The van der Waals surface area contributed by atoms with Gasteiger partial charge in [0.05, 0.1) is 43.0 Å². The van der Waals surface area contributed by atoms with Gasteiger partial charge >= 0.3 is 0 Å². The maximum absolute atomic E-state index is 12.0. The van der Waals surface area contributed by atoms with E-state index in [2.05, 4.69) is 55.9 Å². The number of piperazine rings is 1. The SMILES string of the molecule is CC(=O)c1ccc2nc(CN3CCN(c4ccc5cnn(Cc6ccccc6)c5n4)CC3)n(C[C@@H]3CCO3)c2c1. The van der Waals surface area contributed by atoms with Crippen LogP contribution < -0.4 is 4.90 Å². The van der Waals surface area contributed by atoms with Gasteiger partial charge in [-0.05, 0) is 49.2 Å². The van der Waals surface area contributed by atoms with Crippen LogP contribution in [0.1, 0.15) is 35.1 Å². The molecule has 2 aliphatic heterocycles. The topological polar surface area (TPSA) is 81.3 Å². The molecule has 2 fully saturated rings. The van der Waals surface area contributed by atoms with Crippen molar-refractivity contribution in [1.82, 2.24) is 29.2 Å². The van der Waals surface area contributed by atoms with Crippen LogP contribution in [-0.4, -0.2) is 73.9 Å². The molecule has 0 N–H and O–H groups in total. The average Bonchev–Trinajstić information content (AvgIpc) is 3.51. The first-order chi connectivity index (χ1) is 19.6. The maximum atomic E-state index is 12.0. The van der Waals surface area contributed by atoms with E-state index in [-0.39, 0.29) is 11.9 Å². The number of anilines is 1. The van der Waals surface area contributed by atoms with Crippen LogP contribution in [0.5, 0.6) is 0 Å². The lowest BCUT2D eigenvalue weighted by Gasteiger charge is -2.35. The first-order valence-electron chi connectivity index (χ1n) is 14.1.